The van der Waals surface area contributed by atoms with E-state index in [1.54, 1.807) is 0 Å². The van der Waals surface area contributed by atoms with E-state index < -0.39 is 0 Å². The molecule has 0 N–H and O–H groups in total. The van der Waals surface area contributed by atoms with Crippen LogP contribution in [-0.2, 0) is 0 Å². The number of benzene rings is 8. The summed E-state index contributed by atoms with van der Waals surface area (Å²) in [5.74, 6) is 0. The number of pyridine rings is 2. The van der Waals surface area contributed by atoms with Crippen LogP contribution in [0.15, 0.2) is 231 Å². The Morgan fingerprint density at radius 2 is 0.567 bits per heavy atom. The molecule has 0 atom stereocenters. The van der Waals surface area contributed by atoms with Gasteiger partial charge in [-0.05, 0) is 121 Å². The third-order valence-corrected chi connectivity index (χ3v) is 11.1. The van der Waals surface area contributed by atoms with Crippen molar-refractivity contribution in [1.29, 1.82) is 0 Å². The molecule has 0 amide bonds. The van der Waals surface area contributed by atoms with E-state index in [1.165, 1.54) is 0 Å². The fourth-order valence-electron chi connectivity index (χ4n) is 8.45. The van der Waals surface area contributed by atoms with Gasteiger partial charge in [0.25, 0.3) is 0 Å². The second kappa shape index (κ2) is 14.9. The molecule has 2 aromatic heterocycles. The van der Waals surface area contributed by atoms with Gasteiger partial charge in [-0.1, -0.05) is 97.1 Å². The SMILES string of the molecule is c1ccc(N2c3cccc(c3)N(c3ccccc3)c3cccc(c3)N(c3cnc4c(ccc5cccnc54)c3)c3cccc(c3)N(c3ccccc3)c3cccc2c3)cc1. The van der Waals surface area contributed by atoms with E-state index in [0.29, 0.717) is 0 Å². The van der Waals surface area contributed by atoms with Gasteiger partial charge >= 0.3 is 0 Å². The molecule has 0 saturated carbocycles. The Balaban J connectivity index is 1.20. The van der Waals surface area contributed by atoms with Gasteiger partial charge in [-0.25, -0.2) is 0 Å². The largest absolute Gasteiger partial charge is 0.310 e. The standard InChI is InChI=1S/C54H38N6/c1-4-16-41(17-5-1)57-44-22-10-24-46(34-44)58(42-18-6-2-7-19-42)48-26-12-28-50(36-48)60(52-33-40-31-30-39-15-14-32-55-53(39)54(40)56-38-52)51-29-13-27-49(37-51)59(43-20-8-3-9-21-43)47-25-11-23-45(57)35-47/h1-38H. The van der Waals surface area contributed by atoms with Crippen molar-refractivity contribution >= 4 is 90.1 Å². The van der Waals surface area contributed by atoms with Crippen LogP contribution < -0.4 is 19.6 Å². The van der Waals surface area contributed by atoms with E-state index in [-0.39, 0.29) is 0 Å². The van der Waals surface area contributed by atoms with E-state index in [4.69, 9.17) is 9.97 Å². The number of anilines is 12. The molecule has 6 heteroatoms. The van der Waals surface area contributed by atoms with Gasteiger partial charge in [0.1, 0.15) is 0 Å². The molecule has 1 aliphatic heterocycles. The maximum absolute atomic E-state index is 5.10. The van der Waals surface area contributed by atoms with Crippen molar-refractivity contribution in [2.45, 2.75) is 0 Å². The summed E-state index contributed by atoms with van der Waals surface area (Å²) in [5, 5.41) is 2.09. The third kappa shape index (κ3) is 6.33. The van der Waals surface area contributed by atoms with E-state index in [0.717, 1.165) is 90.1 Å². The van der Waals surface area contributed by atoms with E-state index in [9.17, 15) is 0 Å². The smallest absolute Gasteiger partial charge is 0.0966 e. The fraction of sp³-hybridized carbons (Fsp3) is 0. The summed E-state index contributed by atoms with van der Waals surface area (Å²) in [6.07, 6.45) is 3.81. The van der Waals surface area contributed by atoms with Gasteiger partial charge in [-0.3, -0.25) is 9.97 Å². The zero-order valence-corrected chi connectivity index (χ0v) is 32.6. The summed E-state index contributed by atoms with van der Waals surface area (Å²) in [5.41, 5.74) is 14.1. The van der Waals surface area contributed by atoms with Crippen LogP contribution in [-0.4, -0.2) is 9.97 Å². The maximum Gasteiger partial charge on any atom is 0.0966 e. The average molecular weight is 771 g/mol. The first-order valence-corrected chi connectivity index (χ1v) is 20.1. The maximum atomic E-state index is 5.10. The van der Waals surface area contributed by atoms with Crippen LogP contribution in [0.5, 0.6) is 0 Å². The zero-order valence-electron chi connectivity index (χ0n) is 32.6. The Morgan fingerprint density at radius 1 is 0.233 bits per heavy atom. The van der Waals surface area contributed by atoms with Crippen molar-refractivity contribution in [3.63, 3.8) is 0 Å². The fourth-order valence-corrected chi connectivity index (χ4v) is 8.45. The van der Waals surface area contributed by atoms with Gasteiger partial charge in [0.2, 0.25) is 0 Å². The molecular weight excluding hydrogens is 733 g/mol. The summed E-state index contributed by atoms with van der Waals surface area (Å²) >= 11 is 0. The number of hydrogen-bond acceptors (Lipinski definition) is 6. The van der Waals surface area contributed by atoms with Crippen LogP contribution in [0.25, 0.3) is 21.8 Å². The van der Waals surface area contributed by atoms with Gasteiger partial charge in [-0.2, -0.15) is 0 Å². The number of fused-ring (bicyclic) bond motifs is 11. The molecule has 0 spiro atoms. The van der Waals surface area contributed by atoms with E-state index in [2.05, 4.69) is 232 Å². The van der Waals surface area contributed by atoms with Crippen LogP contribution >= 0.6 is 0 Å². The monoisotopic (exact) mass is 770 g/mol. The molecule has 0 aliphatic carbocycles. The van der Waals surface area contributed by atoms with Crippen LogP contribution in [0.3, 0.4) is 0 Å². The molecule has 3 heterocycles. The van der Waals surface area contributed by atoms with Crippen LogP contribution in [0, 0.1) is 0 Å². The molecule has 0 radical (unpaired) electrons. The van der Waals surface area contributed by atoms with Crippen molar-refractivity contribution in [2.24, 2.45) is 0 Å². The lowest BCUT2D eigenvalue weighted by atomic mass is 10.1. The van der Waals surface area contributed by atoms with Gasteiger partial charge in [0.15, 0.2) is 0 Å². The topological polar surface area (TPSA) is 38.7 Å². The van der Waals surface area contributed by atoms with Gasteiger partial charge in [0.05, 0.1) is 22.9 Å². The predicted octanol–water partition coefficient (Wildman–Crippen LogP) is 15.0. The lowest BCUT2D eigenvalue weighted by molar-refractivity contribution is 1.21. The summed E-state index contributed by atoms with van der Waals surface area (Å²) in [6, 6.07) is 77.6. The molecule has 60 heavy (non-hydrogen) atoms. The van der Waals surface area contributed by atoms with Gasteiger partial charge in [0, 0.05) is 79.5 Å². The first kappa shape index (κ1) is 35.0. The van der Waals surface area contributed by atoms with Crippen molar-refractivity contribution in [3.05, 3.63) is 231 Å². The molecule has 11 rings (SSSR count). The second-order valence-corrected chi connectivity index (χ2v) is 14.8. The summed E-state index contributed by atoms with van der Waals surface area (Å²) < 4.78 is 0. The molecule has 0 unspecified atom stereocenters. The Kier molecular flexibility index (Phi) is 8.71. The third-order valence-electron chi connectivity index (χ3n) is 11.1. The van der Waals surface area contributed by atoms with E-state index >= 15 is 0 Å². The van der Waals surface area contributed by atoms with Crippen LogP contribution in [0.4, 0.5) is 68.2 Å². The van der Waals surface area contributed by atoms with Crippen molar-refractivity contribution < 1.29 is 0 Å². The average Bonchev–Trinajstić information content (AvgIpc) is 3.31. The van der Waals surface area contributed by atoms with Gasteiger partial charge < -0.3 is 19.6 Å². The minimum absolute atomic E-state index is 0.878. The van der Waals surface area contributed by atoms with E-state index in [1.807, 2.05) is 18.5 Å². The Bertz CT molecular complexity index is 3000. The molecule has 10 aromatic rings. The molecular formula is C54H38N6. The number of hydrogen-bond donors (Lipinski definition) is 0. The molecule has 8 bridgehead atoms. The molecule has 8 aromatic carbocycles. The van der Waals surface area contributed by atoms with Crippen molar-refractivity contribution in [1.82, 2.24) is 9.97 Å². The lowest BCUT2D eigenvalue weighted by Gasteiger charge is -2.33. The molecule has 1 aliphatic rings. The minimum Gasteiger partial charge on any atom is -0.310 e. The summed E-state index contributed by atoms with van der Waals surface area (Å²) in [6.45, 7) is 0. The summed E-state index contributed by atoms with van der Waals surface area (Å²) in [4.78, 5) is 19.1. The highest BCUT2D eigenvalue weighted by molar-refractivity contribution is 6.04. The van der Waals surface area contributed by atoms with Crippen LogP contribution in [0.2, 0.25) is 0 Å². The molecule has 0 saturated heterocycles. The number of para-hydroxylation sites is 3. The normalized spacial score (nSPS) is 12.5. The lowest BCUT2D eigenvalue weighted by Crippen LogP contribution is -2.16. The van der Waals surface area contributed by atoms with Gasteiger partial charge in [-0.15, -0.1) is 0 Å². The Morgan fingerprint density at radius 3 is 0.967 bits per heavy atom. The second-order valence-electron chi connectivity index (χ2n) is 14.8. The van der Waals surface area contributed by atoms with Crippen LogP contribution in [0.1, 0.15) is 0 Å². The molecule has 6 nitrogen and oxygen atoms in total. The Hall–Kier alpha value is -8.22. The highest BCUT2D eigenvalue weighted by Crippen LogP contribution is 2.46. The highest BCUT2D eigenvalue weighted by atomic mass is 15.2. The quantitative estimate of drug-likeness (QED) is 0.166. The number of rotatable bonds is 4. The minimum atomic E-state index is 0.878. The molecule has 284 valence electrons. The Labute approximate surface area is 349 Å². The number of aromatic nitrogens is 2. The zero-order chi connectivity index (χ0) is 39.8. The van der Waals surface area contributed by atoms with Crippen molar-refractivity contribution in [2.75, 3.05) is 19.6 Å². The highest BCUT2D eigenvalue weighted by Gasteiger charge is 2.23. The molecule has 0 fully saturated rings. The summed E-state index contributed by atoms with van der Waals surface area (Å²) in [7, 11) is 0. The first-order valence-electron chi connectivity index (χ1n) is 20.1. The number of nitrogens with zero attached hydrogens (tertiary/aromatic N) is 6. The predicted molar refractivity (Wildman–Crippen MR) is 249 cm³/mol. The first-order chi connectivity index (χ1) is 29.7. The van der Waals surface area contributed by atoms with Crippen molar-refractivity contribution in [3.8, 4) is 0 Å².